The molecule has 8 nitrogen and oxygen atoms in total. The molecule has 1 amide bonds. The predicted octanol–water partition coefficient (Wildman–Crippen LogP) is 3.56. The number of carboxylic acid groups (broad SMARTS) is 1. The van der Waals surface area contributed by atoms with Gasteiger partial charge in [-0.05, 0) is 48.1 Å². The zero-order valence-electron chi connectivity index (χ0n) is 20.2. The molecule has 4 heterocycles. The van der Waals surface area contributed by atoms with E-state index in [1.807, 2.05) is 35.4 Å². The van der Waals surface area contributed by atoms with Crippen molar-refractivity contribution in [3.05, 3.63) is 59.4 Å². The highest BCUT2D eigenvalue weighted by molar-refractivity contribution is 5.80. The molecule has 0 saturated carbocycles. The van der Waals surface area contributed by atoms with E-state index in [0.717, 1.165) is 49.2 Å². The second-order valence-electron chi connectivity index (χ2n) is 9.44. The van der Waals surface area contributed by atoms with Gasteiger partial charge in [0.15, 0.2) is 0 Å². The van der Waals surface area contributed by atoms with Crippen LogP contribution in [0.25, 0.3) is 0 Å². The number of likely N-dealkylation sites (tertiary alicyclic amines) is 1. The van der Waals surface area contributed by atoms with Crippen LogP contribution in [0.5, 0.6) is 5.75 Å². The highest BCUT2D eigenvalue weighted by Crippen LogP contribution is 2.36. The van der Waals surface area contributed by atoms with Gasteiger partial charge in [0.05, 0.1) is 38.8 Å². The fourth-order valence-corrected chi connectivity index (χ4v) is 4.68. The van der Waals surface area contributed by atoms with Gasteiger partial charge >= 0.3 is 12.1 Å². The van der Waals surface area contributed by atoms with Crippen LogP contribution in [0.2, 0.25) is 0 Å². The van der Waals surface area contributed by atoms with Crippen molar-refractivity contribution in [2.75, 3.05) is 26.3 Å². The van der Waals surface area contributed by atoms with Crippen molar-refractivity contribution in [3.8, 4) is 5.75 Å². The van der Waals surface area contributed by atoms with E-state index in [1.54, 1.807) is 6.20 Å². The Morgan fingerprint density at radius 2 is 1.97 bits per heavy atom. The first-order chi connectivity index (χ1) is 17.6. The van der Waals surface area contributed by atoms with Crippen molar-refractivity contribution in [1.29, 1.82) is 0 Å². The fraction of sp³-hybridized carbons (Fsp3) is 0.500. The van der Waals surface area contributed by atoms with Gasteiger partial charge in [0, 0.05) is 25.4 Å². The number of hydrogen-bond acceptors (Lipinski definition) is 6. The number of ether oxygens (including phenoxy) is 3. The molecule has 3 aliphatic rings. The van der Waals surface area contributed by atoms with E-state index in [2.05, 4.69) is 11.1 Å². The first-order valence-electron chi connectivity index (χ1n) is 12.1. The highest BCUT2D eigenvalue weighted by atomic mass is 19.4. The van der Waals surface area contributed by atoms with Crippen molar-refractivity contribution < 1.29 is 42.1 Å². The zero-order valence-corrected chi connectivity index (χ0v) is 20.2. The number of hydrogen-bond donors (Lipinski definition) is 1. The van der Waals surface area contributed by atoms with E-state index in [4.69, 9.17) is 24.1 Å². The predicted molar refractivity (Wildman–Crippen MR) is 125 cm³/mol. The Bertz CT molecular complexity index is 1090. The average molecular weight is 523 g/mol. The Morgan fingerprint density at radius 3 is 2.68 bits per heavy atom. The fourth-order valence-electron chi connectivity index (χ4n) is 4.68. The summed E-state index contributed by atoms with van der Waals surface area (Å²) in [7, 11) is 0. The summed E-state index contributed by atoms with van der Waals surface area (Å²) in [4.78, 5) is 27.7. The van der Waals surface area contributed by atoms with Crippen molar-refractivity contribution in [2.45, 2.75) is 56.6 Å². The summed E-state index contributed by atoms with van der Waals surface area (Å²) < 4.78 is 49.6. The Morgan fingerprint density at radius 1 is 1.19 bits per heavy atom. The minimum atomic E-state index is -5.08. The molecule has 2 saturated heterocycles. The first-order valence-corrected chi connectivity index (χ1v) is 12.1. The quantitative estimate of drug-likeness (QED) is 0.641. The number of pyridine rings is 1. The molecular formula is C26H29F3N2O6. The smallest absolute Gasteiger partial charge is 0.490 e. The van der Waals surface area contributed by atoms with Crippen LogP contribution in [0.1, 0.15) is 36.0 Å². The van der Waals surface area contributed by atoms with Gasteiger partial charge in [-0.15, -0.1) is 0 Å². The Labute approximate surface area is 212 Å². The van der Waals surface area contributed by atoms with E-state index >= 15 is 0 Å². The third-order valence-corrected chi connectivity index (χ3v) is 6.54. The molecule has 11 heteroatoms. The maximum absolute atomic E-state index is 12.8. The topological polar surface area (TPSA) is 98.2 Å². The van der Waals surface area contributed by atoms with Crippen LogP contribution in [-0.2, 0) is 38.5 Å². The molecule has 37 heavy (non-hydrogen) atoms. The number of carbonyl (C=O) groups is 2. The van der Waals surface area contributed by atoms with Crippen LogP contribution in [-0.4, -0.2) is 71.1 Å². The van der Waals surface area contributed by atoms with E-state index < -0.39 is 12.1 Å². The number of benzene rings is 1. The summed E-state index contributed by atoms with van der Waals surface area (Å²) in [6.07, 6.45) is 2.93. The summed E-state index contributed by atoms with van der Waals surface area (Å²) in [5.41, 5.74) is 3.12. The van der Waals surface area contributed by atoms with Gasteiger partial charge in [-0.1, -0.05) is 18.2 Å². The van der Waals surface area contributed by atoms with E-state index in [-0.39, 0.29) is 17.6 Å². The molecule has 0 aliphatic carbocycles. The van der Waals surface area contributed by atoms with Gasteiger partial charge in [0.2, 0.25) is 5.91 Å². The van der Waals surface area contributed by atoms with Crippen molar-refractivity contribution in [3.63, 3.8) is 0 Å². The summed E-state index contributed by atoms with van der Waals surface area (Å²) in [6, 6.07) is 10.1. The van der Waals surface area contributed by atoms with Gasteiger partial charge in [-0.2, -0.15) is 13.2 Å². The standard InChI is InChI=1S/C24H28N2O4.C2HF3O2/c27-23(12-18-5-6-22-20(11-18)4-2-9-28-22)26-16-24(17-26)13-21(7-10-30-24)29-15-19-3-1-8-25-14-19;3-2(4,5)1(6)7/h1,3,5-6,8,11,14,21H,2,4,7,9-10,12-13,15-17H2;(H,6,7). The first kappa shape index (κ1) is 26.9. The molecule has 1 atom stereocenters. The number of alkyl halides is 3. The Hall–Kier alpha value is -3.18. The normalized spacial score (nSPS) is 20.1. The lowest BCUT2D eigenvalue weighted by molar-refractivity contribution is -0.202. The monoisotopic (exact) mass is 522 g/mol. The molecule has 200 valence electrons. The number of nitrogens with zero attached hydrogens (tertiary/aromatic N) is 2. The van der Waals surface area contributed by atoms with E-state index in [9.17, 15) is 18.0 Å². The van der Waals surface area contributed by atoms with E-state index in [1.165, 1.54) is 5.56 Å². The number of rotatable bonds is 5. The summed E-state index contributed by atoms with van der Waals surface area (Å²) in [6.45, 7) is 3.36. The molecule has 0 radical (unpaired) electrons. The molecule has 0 bridgehead atoms. The minimum absolute atomic E-state index is 0.164. The van der Waals surface area contributed by atoms with Gasteiger partial charge in [-0.25, -0.2) is 4.79 Å². The lowest BCUT2D eigenvalue weighted by atomic mass is 9.84. The van der Waals surface area contributed by atoms with Crippen LogP contribution in [0.3, 0.4) is 0 Å². The van der Waals surface area contributed by atoms with Crippen LogP contribution >= 0.6 is 0 Å². The number of aromatic nitrogens is 1. The highest BCUT2D eigenvalue weighted by Gasteiger charge is 2.49. The van der Waals surface area contributed by atoms with Gasteiger partial charge in [0.25, 0.3) is 0 Å². The largest absolute Gasteiger partial charge is 0.493 e. The molecule has 1 spiro atoms. The average Bonchev–Trinajstić information content (AvgIpc) is 2.86. The molecule has 3 aliphatic heterocycles. The van der Waals surface area contributed by atoms with Crippen molar-refractivity contribution in [2.24, 2.45) is 0 Å². The van der Waals surface area contributed by atoms with Crippen LogP contribution < -0.4 is 4.74 Å². The second-order valence-corrected chi connectivity index (χ2v) is 9.44. The third-order valence-electron chi connectivity index (χ3n) is 6.54. The van der Waals surface area contributed by atoms with Crippen LogP contribution in [0, 0.1) is 0 Å². The molecule has 2 fully saturated rings. The van der Waals surface area contributed by atoms with E-state index in [0.29, 0.717) is 32.7 Å². The number of carboxylic acids is 1. The number of halogens is 3. The van der Waals surface area contributed by atoms with Gasteiger partial charge in [-0.3, -0.25) is 9.78 Å². The molecule has 1 aromatic carbocycles. The maximum Gasteiger partial charge on any atom is 0.490 e. The minimum Gasteiger partial charge on any atom is -0.493 e. The molecule has 2 aromatic rings. The molecule has 5 rings (SSSR count). The van der Waals surface area contributed by atoms with Crippen LogP contribution in [0.15, 0.2) is 42.7 Å². The second kappa shape index (κ2) is 11.5. The molecule has 1 aromatic heterocycles. The molecule has 1 N–H and O–H groups in total. The lowest BCUT2D eigenvalue weighted by Gasteiger charge is -2.53. The number of amides is 1. The van der Waals surface area contributed by atoms with Crippen molar-refractivity contribution in [1.82, 2.24) is 9.88 Å². The summed E-state index contributed by atoms with van der Waals surface area (Å²) in [5, 5.41) is 7.12. The molecular weight excluding hydrogens is 493 g/mol. The van der Waals surface area contributed by atoms with Crippen molar-refractivity contribution >= 4 is 11.9 Å². The SMILES string of the molecule is O=C(Cc1ccc2c(c1)CCCO2)N1CC2(CC(OCc3cccnc3)CCO2)C1.O=C(O)C(F)(F)F. The zero-order chi connectivity index (χ0) is 26.5. The number of aliphatic carboxylic acids is 1. The number of fused-ring (bicyclic) bond motifs is 1. The van der Waals surface area contributed by atoms with Gasteiger partial charge < -0.3 is 24.2 Å². The summed E-state index contributed by atoms with van der Waals surface area (Å²) >= 11 is 0. The summed E-state index contributed by atoms with van der Waals surface area (Å²) in [5.74, 6) is -1.62. The third kappa shape index (κ3) is 7.20. The lowest BCUT2D eigenvalue weighted by Crippen LogP contribution is -2.67. The van der Waals surface area contributed by atoms with Crippen LogP contribution in [0.4, 0.5) is 13.2 Å². The molecule has 1 unspecified atom stereocenters. The Balaban J connectivity index is 0.000000405. The Kier molecular flexibility index (Phi) is 8.33. The number of aryl methyl sites for hydroxylation is 1. The van der Waals surface area contributed by atoms with Gasteiger partial charge in [0.1, 0.15) is 11.4 Å². The number of carbonyl (C=O) groups excluding carboxylic acids is 1. The maximum atomic E-state index is 12.8.